The van der Waals surface area contributed by atoms with Crippen molar-refractivity contribution in [2.24, 2.45) is 11.7 Å². The fraction of sp³-hybridized carbons (Fsp3) is 0.632. The summed E-state index contributed by atoms with van der Waals surface area (Å²) in [5.74, 6) is 2.00. The molecule has 2 rings (SSSR count). The van der Waals surface area contributed by atoms with E-state index >= 15 is 0 Å². The number of hydrogen-bond donors (Lipinski definition) is 1. The molecule has 1 unspecified atom stereocenters. The Balaban J connectivity index is 2.09. The topological polar surface area (TPSA) is 61.5 Å². The van der Waals surface area contributed by atoms with E-state index in [2.05, 4.69) is 15.9 Å². The standard InChI is InChI=1S/C19H28BrNO3/c1-23-17-11-15(18(24-2)10-14(17)12-21)19(22)16(20)9-8-13-6-4-3-5-7-13/h10-11,13,16H,3-9,12,21H2,1-2H3. The number of carbonyl (C=O) groups is 1. The maximum absolute atomic E-state index is 12.9. The lowest BCUT2D eigenvalue weighted by atomic mass is 9.85. The molecule has 4 nitrogen and oxygen atoms in total. The number of benzene rings is 1. The summed E-state index contributed by atoms with van der Waals surface area (Å²) < 4.78 is 10.8. The fourth-order valence-electron chi connectivity index (χ4n) is 3.47. The second-order valence-electron chi connectivity index (χ2n) is 6.48. The molecule has 2 N–H and O–H groups in total. The number of ketones is 1. The molecule has 1 aromatic rings. The van der Waals surface area contributed by atoms with Crippen LogP contribution < -0.4 is 15.2 Å². The number of rotatable bonds is 8. The van der Waals surface area contributed by atoms with Crippen LogP contribution in [0.2, 0.25) is 0 Å². The zero-order valence-electron chi connectivity index (χ0n) is 14.6. The normalized spacial score (nSPS) is 16.7. The zero-order valence-corrected chi connectivity index (χ0v) is 16.2. The fourth-order valence-corrected chi connectivity index (χ4v) is 3.98. The van der Waals surface area contributed by atoms with Crippen molar-refractivity contribution in [3.8, 4) is 11.5 Å². The summed E-state index contributed by atoms with van der Waals surface area (Å²) in [4.78, 5) is 12.7. The lowest BCUT2D eigenvalue weighted by molar-refractivity contribution is 0.0982. The molecule has 0 amide bonds. The highest BCUT2D eigenvalue weighted by molar-refractivity contribution is 9.10. The van der Waals surface area contributed by atoms with Gasteiger partial charge < -0.3 is 15.2 Å². The van der Waals surface area contributed by atoms with E-state index in [-0.39, 0.29) is 10.6 Å². The van der Waals surface area contributed by atoms with Gasteiger partial charge in [0.25, 0.3) is 0 Å². The number of ether oxygens (including phenoxy) is 2. The van der Waals surface area contributed by atoms with E-state index in [4.69, 9.17) is 15.2 Å². The first kappa shape index (κ1) is 19.3. The Labute approximate surface area is 153 Å². The molecule has 24 heavy (non-hydrogen) atoms. The van der Waals surface area contributed by atoms with E-state index < -0.39 is 0 Å². The van der Waals surface area contributed by atoms with Gasteiger partial charge in [0, 0.05) is 12.1 Å². The van der Waals surface area contributed by atoms with Gasteiger partial charge in [0.1, 0.15) is 11.5 Å². The van der Waals surface area contributed by atoms with Crippen LogP contribution in [0.4, 0.5) is 0 Å². The van der Waals surface area contributed by atoms with Gasteiger partial charge in [0.05, 0.1) is 24.6 Å². The molecule has 134 valence electrons. The van der Waals surface area contributed by atoms with Crippen molar-refractivity contribution in [2.75, 3.05) is 14.2 Å². The highest BCUT2D eigenvalue weighted by atomic mass is 79.9. The molecular formula is C19H28BrNO3. The van der Waals surface area contributed by atoms with Crippen LogP contribution in [0.15, 0.2) is 12.1 Å². The first-order chi connectivity index (χ1) is 11.6. The van der Waals surface area contributed by atoms with Crippen LogP contribution in [0.1, 0.15) is 60.9 Å². The van der Waals surface area contributed by atoms with Crippen molar-refractivity contribution >= 4 is 21.7 Å². The van der Waals surface area contributed by atoms with Gasteiger partial charge >= 0.3 is 0 Å². The highest BCUT2D eigenvalue weighted by Crippen LogP contribution is 2.33. The Morgan fingerprint density at radius 2 is 1.88 bits per heavy atom. The van der Waals surface area contributed by atoms with E-state index in [1.54, 1.807) is 26.4 Å². The molecule has 0 saturated heterocycles. The van der Waals surface area contributed by atoms with Crippen LogP contribution in [-0.2, 0) is 6.54 Å². The average molecular weight is 398 g/mol. The SMILES string of the molecule is COc1cc(C(=O)C(Br)CCC2CCCCC2)c(OC)cc1CN. The first-order valence-electron chi connectivity index (χ1n) is 8.74. The maximum Gasteiger partial charge on any atom is 0.180 e. The van der Waals surface area contributed by atoms with Crippen LogP contribution in [0.3, 0.4) is 0 Å². The van der Waals surface area contributed by atoms with E-state index in [1.807, 2.05) is 0 Å². The van der Waals surface area contributed by atoms with Crippen molar-refractivity contribution in [2.45, 2.75) is 56.3 Å². The van der Waals surface area contributed by atoms with Gasteiger partial charge in [-0.05, 0) is 30.9 Å². The average Bonchev–Trinajstić information content (AvgIpc) is 2.65. The van der Waals surface area contributed by atoms with Crippen molar-refractivity contribution < 1.29 is 14.3 Å². The molecule has 1 aliphatic rings. The molecule has 0 heterocycles. The minimum atomic E-state index is -0.193. The number of methoxy groups -OCH3 is 2. The van der Waals surface area contributed by atoms with Gasteiger partial charge in [-0.3, -0.25) is 4.79 Å². The quantitative estimate of drug-likeness (QED) is 0.519. The lowest BCUT2D eigenvalue weighted by Crippen LogP contribution is -2.18. The van der Waals surface area contributed by atoms with Gasteiger partial charge in [0.2, 0.25) is 0 Å². The van der Waals surface area contributed by atoms with Crippen LogP contribution in [0.25, 0.3) is 0 Å². The third-order valence-electron chi connectivity index (χ3n) is 4.93. The van der Waals surface area contributed by atoms with Crippen molar-refractivity contribution in [3.05, 3.63) is 23.3 Å². The third-order valence-corrected chi connectivity index (χ3v) is 5.80. The maximum atomic E-state index is 12.9. The third kappa shape index (κ3) is 4.73. The van der Waals surface area contributed by atoms with Crippen molar-refractivity contribution in [1.29, 1.82) is 0 Å². The minimum Gasteiger partial charge on any atom is -0.496 e. The summed E-state index contributed by atoms with van der Waals surface area (Å²) in [6, 6.07) is 3.55. The second-order valence-corrected chi connectivity index (χ2v) is 7.59. The Bertz CT molecular complexity index is 556. The molecule has 5 heteroatoms. The number of Topliss-reactive ketones (excluding diaryl/α,β-unsaturated/α-hetero) is 1. The number of nitrogens with two attached hydrogens (primary N) is 1. The van der Waals surface area contributed by atoms with Crippen LogP contribution in [0.5, 0.6) is 11.5 Å². The molecule has 1 saturated carbocycles. The number of alkyl halides is 1. The Morgan fingerprint density at radius 3 is 2.46 bits per heavy atom. The van der Waals surface area contributed by atoms with E-state index in [0.29, 0.717) is 23.6 Å². The molecule has 0 radical (unpaired) electrons. The molecular weight excluding hydrogens is 370 g/mol. The number of halogens is 1. The lowest BCUT2D eigenvalue weighted by Gasteiger charge is -2.22. The predicted molar refractivity (Wildman–Crippen MR) is 100 cm³/mol. The molecule has 0 aliphatic heterocycles. The first-order valence-corrected chi connectivity index (χ1v) is 9.65. The summed E-state index contributed by atoms with van der Waals surface area (Å²) in [6.45, 7) is 0.341. The van der Waals surface area contributed by atoms with Crippen molar-refractivity contribution in [3.63, 3.8) is 0 Å². The van der Waals surface area contributed by atoms with Crippen LogP contribution >= 0.6 is 15.9 Å². The molecule has 0 bridgehead atoms. The molecule has 0 aromatic heterocycles. The summed E-state index contributed by atoms with van der Waals surface area (Å²) in [6.07, 6.45) is 8.58. The molecule has 1 fully saturated rings. The summed E-state index contributed by atoms with van der Waals surface area (Å²) >= 11 is 3.58. The molecule has 1 atom stereocenters. The Kier molecular flexibility index (Phi) is 7.56. The second kappa shape index (κ2) is 9.42. The van der Waals surface area contributed by atoms with Gasteiger partial charge in [-0.25, -0.2) is 0 Å². The summed E-state index contributed by atoms with van der Waals surface area (Å²) in [5.41, 5.74) is 7.12. The highest BCUT2D eigenvalue weighted by Gasteiger charge is 2.24. The Morgan fingerprint density at radius 1 is 1.21 bits per heavy atom. The largest absolute Gasteiger partial charge is 0.496 e. The molecule has 0 spiro atoms. The molecule has 1 aliphatic carbocycles. The number of hydrogen-bond acceptors (Lipinski definition) is 4. The van der Waals surface area contributed by atoms with Crippen LogP contribution in [-0.4, -0.2) is 24.8 Å². The van der Waals surface area contributed by atoms with E-state index in [0.717, 1.165) is 24.3 Å². The van der Waals surface area contributed by atoms with Crippen LogP contribution in [0, 0.1) is 5.92 Å². The van der Waals surface area contributed by atoms with Gasteiger partial charge in [-0.15, -0.1) is 0 Å². The smallest absolute Gasteiger partial charge is 0.180 e. The van der Waals surface area contributed by atoms with Gasteiger partial charge in [-0.1, -0.05) is 48.0 Å². The van der Waals surface area contributed by atoms with Crippen molar-refractivity contribution in [1.82, 2.24) is 0 Å². The van der Waals surface area contributed by atoms with E-state index in [1.165, 1.54) is 32.1 Å². The van der Waals surface area contributed by atoms with Gasteiger partial charge in [-0.2, -0.15) is 0 Å². The monoisotopic (exact) mass is 397 g/mol. The predicted octanol–water partition coefficient (Wildman–Crippen LogP) is 4.47. The zero-order chi connectivity index (χ0) is 17.5. The Hall–Kier alpha value is -1.07. The summed E-state index contributed by atoms with van der Waals surface area (Å²) in [5, 5.41) is 0. The summed E-state index contributed by atoms with van der Waals surface area (Å²) in [7, 11) is 3.16. The van der Waals surface area contributed by atoms with Gasteiger partial charge in [0.15, 0.2) is 5.78 Å². The molecule has 1 aromatic carbocycles. The van der Waals surface area contributed by atoms with E-state index in [9.17, 15) is 4.79 Å². The number of carbonyl (C=O) groups excluding carboxylic acids is 1. The minimum absolute atomic E-state index is 0.0459.